The van der Waals surface area contributed by atoms with Crippen molar-refractivity contribution in [2.45, 2.75) is 12.5 Å². The Morgan fingerprint density at radius 1 is 1.62 bits per heavy atom. The highest BCUT2D eigenvalue weighted by Gasteiger charge is 2.14. The summed E-state index contributed by atoms with van der Waals surface area (Å²) in [5.74, 6) is 0. The van der Waals surface area contributed by atoms with Crippen LogP contribution in [0.2, 0.25) is 0 Å². The van der Waals surface area contributed by atoms with Gasteiger partial charge >= 0.3 is 0 Å². The summed E-state index contributed by atoms with van der Waals surface area (Å²) in [5.41, 5.74) is 0. The molecule has 0 saturated heterocycles. The lowest BCUT2D eigenvalue weighted by Crippen LogP contribution is -2.30. The number of aliphatic imine (C=N–C) groups is 1. The van der Waals surface area contributed by atoms with Crippen molar-refractivity contribution in [3.05, 3.63) is 12.3 Å². The maximum atomic E-state index is 4.21. The van der Waals surface area contributed by atoms with Gasteiger partial charge in [-0.2, -0.15) is 0 Å². The van der Waals surface area contributed by atoms with Crippen LogP contribution in [0, 0.1) is 0 Å². The van der Waals surface area contributed by atoms with Gasteiger partial charge in [-0.15, -0.1) is 0 Å². The molecule has 0 saturated carbocycles. The molecule has 2 bridgehead atoms. The smallest absolute Gasteiger partial charge is 0.0896 e. The third-order valence-corrected chi connectivity index (χ3v) is 1.59. The standard InChI is InChI=1S/C6H8N2/c1-3-8-4-2-6(1)7-5-8/h1,3,5-6H,2,4H2. The maximum absolute atomic E-state index is 4.21. The molecule has 0 aliphatic carbocycles. The molecular formula is C6H8N2. The molecule has 0 aromatic heterocycles. The summed E-state index contributed by atoms with van der Waals surface area (Å²) in [6.45, 7) is 1.16. The molecular weight excluding hydrogens is 100 g/mol. The second-order valence-electron chi connectivity index (χ2n) is 2.20. The van der Waals surface area contributed by atoms with Crippen LogP contribution >= 0.6 is 0 Å². The van der Waals surface area contributed by atoms with Gasteiger partial charge in [0.25, 0.3) is 0 Å². The van der Waals surface area contributed by atoms with E-state index in [4.69, 9.17) is 0 Å². The monoisotopic (exact) mass is 108 g/mol. The molecule has 0 amide bonds. The molecule has 0 spiro atoms. The van der Waals surface area contributed by atoms with Crippen LogP contribution in [-0.2, 0) is 0 Å². The van der Waals surface area contributed by atoms with Crippen molar-refractivity contribution < 1.29 is 0 Å². The zero-order valence-electron chi connectivity index (χ0n) is 4.62. The van der Waals surface area contributed by atoms with Gasteiger partial charge in [0.1, 0.15) is 0 Å². The molecule has 42 valence electrons. The molecule has 0 aromatic rings. The van der Waals surface area contributed by atoms with Crippen LogP contribution in [-0.4, -0.2) is 23.8 Å². The van der Waals surface area contributed by atoms with E-state index in [-0.39, 0.29) is 0 Å². The van der Waals surface area contributed by atoms with E-state index >= 15 is 0 Å². The Kier molecular flexibility index (Phi) is 0.692. The lowest BCUT2D eigenvalue weighted by atomic mass is 10.1. The van der Waals surface area contributed by atoms with E-state index in [1.54, 1.807) is 0 Å². The third kappa shape index (κ3) is 0.457. The molecule has 0 radical (unpaired) electrons. The van der Waals surface area contributed by atoms with Crippen molar-refractivity contribution in [1.82, 2.24) is 4.90 Å². The minimum atomic E-state index is 0.500. The molecule has 3 aliphatic rings. The molecule has 2 nitrogen and oxygen atoms in total. The van der Waals surface area contributed by atoms with Gasteiger partial charge in [0.05, 0.1) is 12.4 Å². The Morgan fingerprint density at radius 2 is 2.62 bits per heavy atom. The van der Waals surface area contributed by atoms with Gasteiger partial charge in [-0.05, 0) is 12.5 Å². The fourth-order valence-electron chi connectivity index (χ4n) is 1.05. The van der Waals surface area contributed by atoms with Crippen LogP contribution in [0.25, 0.3) is 0 Å². The van der Waals surface area contributed by atoms with E-state index in [0.29, 0.717) is 6.04 Å². The van der Waals surface area contributed by atoms with Gasteiger partial charge in [-0.3, -0.25) is 4.99 Å². The molecule has 3 rings (SSSR count). The molecule has 1 unspecified atom stereocenters. The summed E-state index contributed by atoms with van der Waals surface area (Å²) in [4.78, 5) is 6.32. The molecule has 8 heavy (non-hydrogen) atoms. The van der Waals surface area contributed by atoms with Crippen molar-refractivity contribution in [3.8, 4) is 0 Å². The predicted molar refractivity (Wildman–Crippen MR) is 32.7 cm³/mol. The summed E-state index contributed by atoms with van der Waals surface area (Å²) < 4.78 is 0. The molecule has 2 heteroatoms. The topological polar surface area (TPSA) is 15.6 Å². The van der Waals surface area contributed by atoms with Crippen LogP contribution in [0.5, 0.6) is 0 Å². The summed E-state index contributed by atoms with van der Waals surface area (Å²) in [5, 5.41) is 0. The average Bonchev–Trinajstić information content (AvgIpc) is 1.92. The first kappa shape index (κ1) is 4.13. The Morgan fingerprint density at radius 3 is 2.75 bits per heavy atom. The van der Waals surface area contributed by atoms with Crippen LogP contribution in [0.4, 0.5) is 0 Å². The average molecular weight is 108 g/mol. The highest BCUT2D eigenvalue weighted by atomic mass is 15.2. The second-order valence-corrected chi connectivity index (χ2v) is 2.20. The molecule has 3 aliphatic heterocycles. The first-order valence-corrected chi connectivity index (χ1v) is 2.92. The van der Waals surface area contributed by atoms with Crippen LogP contribution < -0.4 is 0 Å². The van der Waals surface area contributed by atoms with E-state index < -0.39 is 0 Å². The molecule has 3 heterocycles. The Bertz CT molecular complexity index is 119. The van der Waals surface area contributed by atoms with Crippen molar-refractivity contribution in [2.75, 3.05) is 6.54 Å². The highest BCUT2D eigenvalue weighted by molar-refractivity contribution is 5.59. The number of hydrogen-bond donors (Lipinski definition) is 0. The second kappa shape index (κ2) is 1.34. The number of fused-ring (bicyclic) bond motifs is 1. The van der Waals surface area contributed by atoms with Gasteiger partial charge < -0.3 is 4.90 Å². The van der Waals surface area contributed by atoms with Crippen LogP contribution in [0.1, 0.15) is 6.42 Å². The fourth-order valence-corrected chi connectivity index (χ4v) is 1.05. The Labute approximate surface area is 48.5 Å². The lowest BCUT2D eigenvalue weighted by molar-refractivity contribution is 0.460. The summed E-state index contributed by atoms with van der Waals surface area (Å²) in [6.07, 6.45) is 7.35. The van der Waals surface area contributed by atoms with Gasteiger partial charge in [0, 0.05) is 12.7 Å². The van der Waals surface area contributed by atoms with Crippen LogP contribution in [0.15, 0.2) is 17.3 Å². The summed E-state index contributed by atoms with van der Waals surface area (Å²) >= 11 is 0. The zero-order chi connectivity index (χ0) is 5.40. The van der Waals surface area contributed by atoms with E-state index in [1.807, 2.05) is 6.34 Å². The Balaban J connectivity index is 2.31. The zero-order valence-corrected chi connectivity index (χ0v) is 4.62. The van der Waals surface area contributed by atoms with Gasteiger partial charge in [0.15, 0.2) is 0 Å². The van der Waals surface area contributed by atoms with Gasteiger partial charge in [-0.25, -0.2) is 0 Å². The molecule has 0 N–H and O–H groups in total. The summed E-state index contributed by atoms with van der Waals surface area (Å²) in [7, 11) is 0. The number of rotatable bonds is 0. The number of nitrogens with zero attached hydrogens (tertiary/aromatic N) is 2. The lowest BCUT2D eigenvalue weighted by Gasteiger charge is -2.27. The first-order chi connectivity index (χ1) is 3.95. The highest BCUT2D eigenvalue weighted by Crippen LogP contribution is 2.13. The predicted octanol–water partition coefficient (Wildman–Crippen LogP) is 0.616. The van der Waals surface area contributed by atoms with Crippen molar-refractivity contribution >= 4 is 6.34 Å². The van der Waals surface area contributed by atoms with Crippen molar-refractivity contribution in [1.29, 1.82) is 0 Å². The fraction of sp³-hybridized carbons (Fsp3) is 0.500. The van der Waals surface area contributed by atoms with Crippen molar-refractivity contribution in [2.24, 2.45) is 4.99 Å². The van der Waals surface area contributed by atoms with E-state index in [0.717, 1.165) is 6.54 Å². The first-order valence-electron chi connectivity index (χ1n) is 2.92. The molecule has 0 aromatic carbocycles. The molecule has 0 fully saturated rings. The van der Waals surface area contributed by atoms with Gasteiger partial charge in [-0.1, -0.05) is 0 Å². The van der Waals surface area contributed by atoms with E-state index in [2.05, 4.69) is 22.2 Å². The number of hydrogen-bond acceptors (Lipinski definition) is 2. The van der Waals surface area contributed by atoms with Crippen LogP contribution in [0.3, 0.4) is 0 Å². The maximum Gasteiger partial charge on any atom is 0.0896 e. The largest absolute Gasteiger partial charge is 0.340 e. The van der Waals surface area contributed by atoms with E-state index in [1.165, 1.54) is 6.42 Å². The van der Waals surface area contributed by atoms with E-state index in [9.17, 15) is 0 Å². The molecule has 1 atom stereocenters. The Hall–Kier alpha value is -0.790. The summed E-state index contributed by atoms with van der Waals surface area (Å²) in [6, 6.07) is 0.500. The minimum absolute atomic E-state index is 0.500. The SMILES string of the molecule is C1=CN2C=NC1CC2. The third-order valence-electron chi connectivity index (χ3n) is 1.59. The minimum Gasteiger partial charge on any atom is -0.340 e. The quantitative estimate of drug-likeness (QED) is 0.444. The normalized spacial score (nSPS) is 32.0. The van der Waals surface area contributed by atoms with Gasteiger partial charge in [0.2, 0.25) is 0 Å². The van der Waals surface area contributed by atoms with Crippen molar-refractivity contribution in [3.63, 3.8) is 0 Å².